The van der Waals surface area contributed by atoms with Gasteiger partial charge >= 0.3 is 0 Å². The van der Waals surface area contributed by atoms with Crippen LogP contribution in [-0.4, -0.2) is 36.8 Å². The lowest BCUT2D eigenvalue weighted by molar-refractivity contribution is 0.0535. The number of aromatic nitrogens is 2. The van der Waals surface area contributed by atoms with Crippen molar-refractivity contribution in [1.29, 1.82) is 0 Å². The van der Waals surface area contributed by atoms with Crippen LogP contribution in [0.15, 0.2) is 24.4 Å². The number of hydrogen-bond acceptors (Lipinski definition) is 5. The number of aryl methyl sites for hydroxylation is 3. The quantitative estimate of drug-likeness (QED) is 0.901. The fourth-order valence-corrected chi connectivity index (χ4v) is 3.50. The molecule has 2 heterocycles. The Morgan fingerprint density at radius 3 is 2.68 bits per heavy atom. The van der Waals surface area contributed by atoms with Gasteiger partial charge in [-0.1, -0.05) is 17.7 Å². The zero-order chi connectivity index (χ0) is 17.9. The summed E-state index contributed by atoms with van der Waals surface area (Å²) in [5, 5.41) is 3.55. The summed E-state index contributed by atoms with van der Waals surface area (Å²) in [5.74, 6) is 1.80. The Kier molecular flexibility index (Phi) is 5.23. The number of benzene rings is 1. The van der Waals surface area contributed by atoms with Crippen LogP contribution in [0.4, 0.5) is 5.82 Å². The molecule has 1 aliphatic rings. The van der Waals surface area contributed by atoms with Gasteiger partial charge in [0.05, 0.1) is 18.5 Å². The number of nitrogens with one attached hydrogen (secondary N) is 1. The maximum absolute atomic E-state index is 5.68. The summed E-state index contributed by atoms with van der Waals surface area (Å²) in [5.41, 5.74) is 4.30. The second-order valence-corrected chi connectivity index (χ2v) is 6.90. The van der Waals surface area contributed by atoms with Crippen LogP contribution in [0.2, 0.25) is 0 Å². The predicted octanol–water partition coefficient (Wildman–Crippen LogP) is 3.57. The lowest BCUT2D eigenvalue weighted by atomic mass is 9.73. The van der Waals surface area contributed by atoms with Crippen molar-refractivity contribution in [3.05, 3.63) is 46.9 Å². The number of nitrogens with zero attached hydrogens (tertiary/aromatic N) is 2. The van der Waals surface area contributed by atoms with E-state index in [-0.39, 0.29) is 5.41 Å². The van der Waals surface area contributed by atoms with Crippen molar-refractivity contribution in [2.24, 2.45) is 0 Å². The number of anilines is 1. The van der Waals surface area contributed by atoms with E-state index in [0.29, 0.717) is 0 Å². The van der Waals surface area contributed by atoms with Crippen molar-refractivity contribution in [2.75, 3.05) is 32.2 Å². The molecular formula is C20H27N3O2. The van der Waals surface area contributed by atoms with E-state index in [1.807, 2.05) is 13.8 Å². The molecule has 5 heteroatoms. The Labute approximate surface area is 149 Å². The highest BCUT2D eigenvalue weighted by atomic mass is 16.5. The Morgan fingerprint density at radius 2 is 1.96 bits per heavy atom. The SMILES string of the molecule is COc1ccc(C)cc1C1(CNc2nc(C)cnc2C)CCOCC1. The normalized spacial score (nSPS) is 16.5. The number of methoxy groups -OCH3 is 1. The van der Waals surface area contributed by atoms with E-state index in [4.69, 9.17) is 9.47 Å². The fourth-order valence-electron chi connectivity index (χ4n) is 3.50. The average Bonchev–Trinajstić information content (AvgIpc) is 2.63. The highest BCUT2D eigenvalue weighted by Crippen LogP contribution is 2.40. The molecule has 2 aromatic rings. The molecule has 0 bridgehead atoms. The Morgan fingerprint density at radius 1 is 1.20 bits per heavy atom. The molecule has 0 radical (unpaired) electrons. The molecule has 25 heavy (non-hydrogen) atoms. The average molecular weight is 341 g/mol. The van der Waals surface area contributed by atoms with E-state index in [2.05, 4.69) is 40.4 Å². The monoisotopic (exact) mass is 341 g/mol. The summed E-state index contributed by atoms with van der Waals surface area (Å²) in [6.45, 7) is 8.38. The van der Waals surface area contributed by atoms with Crippen molar-refractivity contribution in [1.82, 2.24) is 9.97 Å². The molecule has 3 rings (SSSR count). The van der Waals surface area contributed by atoms with E-state index < -0.39 is 0 Å². The lowest BCUT2D eigenvalue weighted by Crippen LogP contribution is -2.40. The minimum Gasteiger partial charge on any atom is -0.496 e. The van der Waals surface area contributed by atoms with Gasteiger partial charge in [0, 0.05) is 36.9 Å². The van der Waals surface area contributed by atoms with Crippen LogP contribution >= 0.6 is 0 Å². The maximum Gasteiger partial charge on any atom is 0.147 e. The molecule has 1 aromatic carbocycles. The van der Waals surface area contributed by atoms with Gasteiger partial charge in [0.25, 0.3) is 0 Å². The second kappa shape index (κ2) is 7.40. The summed E-state index contributed by atoms with van der Waals surface area (Å²) in [7, 11) is 1.74. The van der Waals surface area contributed by atoms with Crippen molar-refractivity contribution in [3.63, 3.8) is 0 Å². The Balaban J connectivity index is 1.94. The van der Waals surface area contributed by atoms with Crippen molar-refractivity contribution in [3.8, 4) is 5.75 Å². The third-order valence-electron chi connectivity index (χ3n) is 5.05. The standard InChI is InChI=1S/C20H27N3O2/c1-14-5-6-18(24-4)17(11-14)20(7-9-25-10-8-20)13-22-19-16(3)21-12-15(2)23-19/h5-6,11-12H,7-10,13H2,1-4H3,(H,22,23). The van der Waals surface area contributed by atoms with Gasteiger partial charge in [-0.3, -0.25) is 4.98 Å². The highest BCUT2D eigenvalue weighted by molar-refractivity contribution is 5.46. The topological polar surface area (TPSA) is 56.3 Å². The van der Waals surface area contributed by atoms with Gasteiger partial charge in [0.2, 0.25) is 0 Å². The number of rotatable bonds is 5. The van der Waals surface area contributed by atoms with Gasteiger partial charge in [-0.25, -0.2) is 4.98 Å². The molecule has 1 N–H and O–H groups in total. The van der Waals surface area contributed by atoms with Gasteiger partial charge in [0.15, 0.2) is 0 Å². The molecule has 0 amide bonds. The van der Waals surface area contributed by atoms with Crippen LogP contribution in [0.1, 0.15) is 35.4 Å². The Bertz CT molecular complexity index is 740. The molecule has 0 atom stereocenters. The fraction of sp³-hybridized carbons (Fsp3) is 0.500. The summed E-state index contributed by atoms with van der Waals surface area (Å²) < 4.78 is 11.3. The molecule has 0 unspecified atom stereocenters. The third kappa shape index (κ3) is 3.76. The van der Waals surface area contributed by atoms with Crippen molar-refractivity contribution < 1.29 is 9.47 Å². The minimum absolute atomic E-state index is 0.0342. The smallest absolute Gasteiger partial charge is 0.147 e. The molecule has 5 nitrogen and oxygen atoms in total. The van der Waals surface area contributed by atoms with Gasteiger partial charge in [-0.05, 0) is 39.7 Å². The van der Waals surface area contributed by atoms with Gasteiger partial charge < -0.3 is 14.8 Å². The second-order valence-electron chi connectivity index (χ2n) is 6.90. The molecular weight excluding hydrogens is 314 g/mol. The summed E-state index contributed by atoms with van der Waals surface area (Å²) in [6.07, 6.45) is 3.71. The van der Waals surface area contributed by atoms with Gasteiger partial charge in [0.1, 0.15) is 11.6 Å². The molecule has 134 valence electrons. The first-order valence-corrected chi connectivity index (χ1v) is 8.81. The van der Waals surface area contributed by atoms with Crippen molar-refractivity contribution >= 4 is 5.82 Å². The van der Waals surface area contributed by atoms with E-state index in [1.165, 1.54) is 11.1 Å². The van der Waals surface area contributed by atoms with E-state index in [9.17, 15) is 0 Å². The van der Waals surface area contributed by atoms with Crippen LogP contribution < -0.4 is 10.1 Å². The highest BCUT2D eigenvalue weighted by Gasteiger charge is 2.37. The molecule has 1 aromatic heterocycles. The van der Waals surface area contributed by atoms with Crippen LogP contribution in [-0.2, 0) is 10.2 Å². The number of hydrogen-bond donors (Lipinski definition) is 1. The van der Waals surface area contributed by atoms with Crippen LogP contribution in [0.5, 0.6) is 5.75 Å². The number of ether oxygens (including phenoxy) is 2. The van der Waals surface area contributed by atoms with E-state index in [0.717, 1.165) is 55.6 Å². The van der Waals surface area contributed by atoms with Crippen LogP contribution in [0.3, 0.4) is 0 Å². The largest absolute Gasteiger partial charge is 0.496 e. The van der Waals surface area contributed by atoms with Gasteiger partial charge in [-0.2, -0.15) is 0 Å². The van der Waals surface area contributed by atoms with Gasteiger partial charge in [-0.15, -0.1) is 0 Å². The first-order chi connectivity index (χ1) is 12.0. The minimum atomic E-state index is -0.0342. The van der Waals surface area contributed by atoms with E-state index >= 15 is 0 Å². The zero-order valence-corrected chi connectivity index (χ0v) is 15.6. The van der Waals surface area contributed by atoms with E-state index in [1.54, 1.807) is 13.3 Å². The lowest BCUT2D eigenvalue weighted by Gasteiger charge is -2.39. The van der Waals surface area contributed by atoms with Crippen molar-refractivity contribution in [2.45, 2.75) is 39.0 Å². The summed E-state index contributed by atoms with van der Waals surface area (Å²) in [6, 6.07) is 6.42. The summed E-state index contributed by atoms with van der Waals surface area (Å²) >= 11 is 0. The van der Waals surface area contributed by atoms with Crippen LogP contribution in [0, 0.1) is 20.8 Å². The third-order valence-corrected chi connectivity index (χ3v) is 5.05. The predicted molar refractivity (Wildman–Crippen MR) is 99.5 cm³/mol. The molecule has 0 spiro atoms. The zero-order valence-electron chi connectivity index (χ0n) is 15.6. The van der Waals surface area contributed by atoms with Crippen LogP contribution in [0.25, 0.3) is 0 Å². The summed E-state index contributed by atoms with van der Waals surface area (Å²) in [4.78, 5) is 9.02. The maximum atomic E-state index is 5.68. The Hall–Kier alpha value is -2.14. The molecule has 0 aliphatic carbocycles. The molecule has 1 aliphatic heterocycles. The molecule has 1 fully saturated rings. The first-order valence-electron chi connectivity index (χ1n) is 8.81. The molecule has 1 saturated heterocycles. The first kappa shape index (κ1) is 17.7. The molecule has 0 saturated carbocycles.